The van der Waals surface area contributed by atoms with Crippen LogP contribution in [0.2, 0.25) is 0 Å². The van der Waals surface area contributed by atoms with Crippen molar-refractivity contribution in [2.24, 2.45) is 0 Å². The summed E-state index contributed by atoms with van der Waals surface area (Å²) in [5.74, 6) is 2.68. The molecule has 0 atom stereocenters. The average Bonchev–Trinajstić information content (AvgIpc) is 3.05. The summed E-state index contributed by atoms with van der Waals surface area (Å²) in [6.45, 7) is 4.27. The van der Waals surface area contributed by atoms with Crippen LogP contribution in [-0.2, 0) is 19.6 Å². The van der Waals surface area contributed by atoms with Crippen molar-refractivity contribution in [2.75, 3.05) is 41.5 Å². The number of nitrogens with zero attached hydrogens (tertiary/aromatic N) is 2. The zero-order chi connectivity index (χ0) is 18.5. The van der Waals surface area contributed by atoms with Gasteiger partial charge in [0, 0.05) is 43.4 Å². The third-order valence-corrected chi connectivity index (χ3v) is 4.69. The smallest absolute Gasteiger partial charge is 0.127 e. The second-order valence-corrected chi connectivity index (χ2v) is 6.87. The number of likely N-dealkylation sites (N-methyl/N-ethyl adjacent to an activating group) is 1. The van der Waals surface area contributed by atoms with E-state index in [4.69, 9.17) is 14.2 Å². The van der Waals surface area contributed by atoms with Crippen LogP contribution in [0.1, 0.15) is 16.7 Å². The van der Waals surface area contributed by atoms with Crippen molar-refractivity contribution in [3.63, 3.8) is 0 Å². The summed E-state index contributed by atoms with van der Waals surface area (Å²) in [6.07, 6.45) is 0. The van der Waals surface area contributed by atoms with E-state index in [0.717, 1.165) is 49.0 Å². The van der Waals surface area contributed by atoms with Crippen LogP contribution >= 0.6 is 0 Å². The van der Waals surface area contributed by atoms with Crippen molar-refractivity contribution >= 4 is 0 Å². The maximum Gasteiger partial charge on any atom is 0.127 e. The SMILES string of the molecule is COc1ccc(CN2Cc3cccc(OCCN(C)C)c3C2)c(OC)c1. The normalized spacial score (nSPS) is 13.7. The van der Waals surface area contributed by atoms with Crippen LogP contribution in [-0.4, -0.2) is 51.3 Å². The van der Waals surface area contributed by atoms with Crippen LogP contribution in [0.3, 0.4) is 0 Å². The van der Waals surface area contributed by atoms with Crippen LogP contribution in [0.15, 0.2) is 36.4 Å². The van der Waals surface area contributed by atoms with Gasteiger partial charge in [-0.05, 0) is 31.8 Å². The molecule has 140 valence electrons. The third kappa shape index (κ3) is 4.29. The number of hydrogen-bond acceptors (Lipinski definition) is 5. The van der Waals surface area contributed by atoms with E-state index in [9.17, 15) is 0 Å². The maximum absolute atomic E-state index is 6.02. The molecular formula is C21H28N2O3. The molecule has 0 fully saturated rings. The van der Waals surface area contributed by atoms with Crippen LogP contribution in [0.4, 0.5) is 0 Å². The van der Waals surface area contributed by atoms with E-state index in [2.05, 4.69) is 48.2 Å². The van der Waals surface area contributed by atoms with Crippen molar-refractivity contribution in [2.45, 2.75) is 19.6 Å². The highest BCUT2D eigenvalue weighted by atomic mass is 16.5. The molecule has 0 saturated carbocycles. The Morgan fingerprint density at radius 3 is 2.58 bits per heavy atom. The monoisotopic (exact) mass is 356 g/mol. The van der Waals surface area contributed by atoms with E-state index in [-0.39, 0.29) is 0 Å². The fraction of sp³-hybridized carbons (Fsp3) is 0.429. The molecule has 5 nitrogen and oxygen atoms in total. The van der Waals surface area contributed by atoms with E-state index in [1.54, 1.807) is 14.2 Å². The molecule has 3 rings (SSSR count). The molecule has 0 aromatic heterocycles. The lowest BCUT2D eigenvalue weighted by Crippen LogP contribution is -2.20. The molecule has 0 saturated heterocycles. The van der Waals surface area contributed by atoms with E-state index in [1.807, 2.05) is 12.1 Å². The molecular weight excluding hydrogens is 328 g/mol. The minimum Gasteiger partial charge on any atom is -0.497 e. The fourth-order valence-electron chi connectivity index (χ4n) is 3.27. The van der Waals surface area contributed by atoms with Crippen LogP contribution in [0.5, 0.6) is 17.2 Å². The van der Waals surface area contributed by atoms with Gasteiger partial charge in [0.15, 0.2) is 0 Å². The Bertz CT molecular complexity index is 746. The van der Waals surface area contributed by atoms with Crippen molar-refractivity contribution in [3.8, 4) is 17.2 Å². The predicted molar refractivity (Wildman–Crippen MR) is 103 cm³/mol. The third-order valence-electron chi connectivity index (χ3n) is 4.69. The lowest BCUT2D eigenvalue weighted by Gasteiger charge is -2.18. The molecule has 26 heavy (non-hydrogen) atoms. The first-order valence-electron chi connectivity index (χ1n) is 8.92. The van der Waals surface area contributed by atoms with E-state index in [0.29, 0.717) is 6.61 Å². The topological polar surface area (TPSA) is 34.2 Å². The molecule has 5 heteroatoms. The van der Waals surface area contributed by atoms with Gasteiger partial charge in [0.1, 0.15) is 23.9 Å². The van der Waals surface area contributed by atoms with Gasteiger partial charge in [-0.2, -0.15) is 0 Å². The Hall–Kier alpha value is -2.24. The minimum atomic E-state index is 0.704. The molecule has 1 aliphatic rings. The molecule has 0 aliphatic carbocycles. The summed E-state index contributed by atoms with van der Waals surface area (Å²) >= 11 is 0. The lowest BCUT2D eigenvalue weighted by atomic mass is 10.1. The van der Waals surface area contributed by atoms with Gasteiger partial charge in [-0.15, -0.1) is 0 Å². The molecule has 0 amide bonds. The molecule has 0 unspecified atom stereocenters. The second-order valence-electron chi connectivity index (χ2n) is 6.87. The highest BCUT2D eigenvalue weighted by Gasteiger charge is 2.23. The Kier molecular flexibility index (Phi) is 6.01. The average molecular weight is 356 g/mol. The second kappa shape index (κ2) is 8.43. The summed E-state index contributed by atoms with van der Waals surface area (Å²) in [5, 5.41) is 0. The van der Waals surface area contributed by atoms with Gasteiger partial charge in [-0.1, -0.05) is 18.2 Å². The van der Waals surface area contributed by atoms with Gasteiger partial charge >= 0.3 is 0 Å². The van der Waals surface area contributed by atoms with E-state index >= 15 is 0 Å². The van der Waals surface area contributed by atoms with Gasteiger partial charge in [0.25, 0.3) is 0 Å². The summed E-state index contributed by atoms with van der Waals surface area (Å²) in [4.78, 5) is 4.54. The Balaban J connectivity index is 1.69. The molecule has 0 N–H and O–H groups in total. The predicted octanol–water partition coefficient (Wildman–Crippen LogP) is 3.16. The molecule has 0 bridgehead atoms. The number of rotatable bonds is 8. The summed E-state index contributed by atoms with van der Waals surface area (Å²) in [7, 11) is 7.49. The summed E-state index contributed by atoms with van der Waals surface area (Å²) in [6, 6.07) is 12.4. The zero-order valence-electron chi connectivity index (χ0n) is 16.1. The molecule has 2 aromatic rings. The van der Waals surface area contributed by atoms with Crippen molar-refractivity contribution < 1.29 is 14.2 Å². The summed E-state index contributed by atoms with van der Waals surface area (Å²) < 4.78 is 16.9. The van der Waals surface area contributed by atoms with Crippen molar-refractivity contribution in [1.29, 1.82) is 0 Å². The highest BCUT2D eigenvalue weighted by Crippen LogP contribution is 2.33. The number of methoxy groups -OCH3 is 2. The van der Waals surface area contributed by atoms with Gasteiger partial charge in [-0.3, -0.25) is 4.90 Å². The molecule has 0 radical (unpaired) electrons. The van der Waals surface area contributed by atoms with Crippen LogP contribution in [0, 0.1) is 0 Å². The molecule has 0 spiro atoms. The number of ether oxygens (including phenoxy) is 3. The highest BCUT2D eigenvalue weighted by molar-refractivity contribution is 5.44. The Morgan fingerprint density at radius 1 is 1.00 bits per heavy atom. The van der Waals surface area contributed by atoms with Crippen molar-refractivity contribution in [1.82, 2.24) is 9.80 Å². The standard InChI is InChI=1S/C21H28N2O3/c1-22(2)10-11-26-20-7-5-6-16-13-23(15-19(16)20)14-17-8-9-18(24-3)12-21(17)25-4/h5-9,12H,10-11,13-15H2,1-4H3. The Labute approximate surface area is 156 Å². The van der Waals surface area contributed by atoms with Gasteiger partial charge in [0.05, 0.1) is 14.2 Å². The largest absolute Gasteiger partial charge is 0.497 e. The number of fused-ring (bicyclic) bond motifs is 1. The quantitative estimate of drug-likeness (QED) is 0.726. The van der Waals surface area contributed by atoms with E-state index in [1.165, 1.54) is 11.1 Å². The summed E-state index contributed by atoms with van der Waals surface area (Å²) in [5.41, 5.74) is 3.81. The fourth-order valence-corrected chi connectivity index (χ4v) is 3.27. The zero-order valence-corrected chi connectivity index (χ0v) is 16.1. The first-order chi connectivity index (χ1) is 12.6. The molecule has 1 heterocycles. The molecule has 2 aromatic carbocycles. The number of hydrogen-bond donors (Lipinski definition) is 0. The molecule has 1 aliphatic heterocycles. The van der Waals surface area contributed by atoms with Gasteiger partial charge in [-0.25, -0.2) is 0 Å². The number of benzene rings is 2. The first-order valence-corrected chi connectivity index (χ1v) is 8.92. The van der Waals surface area contributed by atoms with E-state index < -0.39 is 0 Å². The van der Waals surface area contributed by atoms with Crippen LogP contribution in [0.25, 0.3) is 0 Å². The maximum atomic E-state index is 6.02. The van der Waals surface area contributed by atoms with Gasteiger partial charge < -0.3 is 19.1 Å². The lowest BCUT2D eigenvalue weighted by molar-refractivity contribution is 0.249. The Morgan fingerprint density at radius 2 is 1.85 bits per heavy atom. The van der Waals surface area contributed by atoms with Gasteiger partial charge in [0.2, 0.25) is 0 Å². The van der Waals surface area contributed by atoms with Crippen molar-refractivity contribution in [3.05, 3.63) is 53.1 Å². The van der Waals surface area contributed by atoms with Crippen LogP contribution < -0.4 is 14.2 Å². The first kappa shape index (κ1) is 18.5. The minimum absolute atomic E-state index is 0.704.